The number of ketones is 1. The Morgan fingerprint density at radius 2 is 2.00 bits per heavy atom. The number of thiophene rings is 1. The maximum Gasteiger partial charge on any atom is 0.262 e. The average molecular weight is 396 g/mol. The van der Waals surface area contributed by atoms with Gasteiger partial charge in [0.05, 0.1) is 18.3 Å². The van der Waals surface area contributed by atoms with Crippen LogP contribution in [0.3, 0.4) is 0 Å². The lowest BCUT2D eigenvalue weighted by atomic mass is 10.1. The lowest BCUT2D eigenvalue weighted by Crippen LogP contribution is -2.24. The molecule has 4 aromatic heterocycles. The molecule has 4 heterocycles. The maximum absolute atomic E-state index is 12.9. The Labute approximate surface area is 165 Å². The van der Waals surface area contributed by atoms with E-state index in [1.165, 1.54) is 22.2 Å². The number of rotatable bonds is 5. The van der Waals surface area contributed by atoms with E-state index in [1.54, 1.807) is 0 Å². The number of hydrogen-bond donors (Lipinski definition) is 0. The van der Waals surface area contributed by atoms with Crippen LogP contribution in [0.25, 0.3) is 16.0 Å². The van der Waals surface area contributed by atoms with Crippen molar-refractivity contribution in [3.63, 3.8) is 0 Å². The minimum absolute atomic E-state index is 0.0544. The number of aromatic nitrogens is 4. The van der Waals surface area contributed by atoms with Gasteiger partial charge in [-0.05, 0) is 39.3 Å². The third kappa shape index (κ3) is 2.99. The number of fused-ring (bicyclic) bond motifs is 1. The molecule has 7 nitrogen and oxygen atoms in total. The second-order valence-electron chi connectivity index (χ2n) is 6.80. The highest BCUT2D eigenvalue weighted by Gasteiger charge is 2.19. The zero-order valence-corrected chi connectivity index (χ0v) is 17.0. The summed E-state index contributed by atoms with van der Waals surface area (Å²) in [6, 6.07) is 5.51. The first-order chi connectivity index (χ1) is 13.4. The fraction of sp³-hybridized carbons (Fsp3) is 0.300. The number of Topliss-reactive ketones (excluding diaryl/α,β-unsaturated/α-hetero) is 1. The summed E-state index contributed by atoms with van der Waals surface area (Å²) in [6.07, 6.45) is 2.31. The van der Waals surface area contributed by atoms with E-state index in [1.807, 2.05) is 50.5 Å². The standard InChI is InChI=1S/C20H20N4O3S/c1-5-14-8-16-19(28-14)21-10-23(20(16)26)9-17(25)15-6-11(2)24(13(15)4)18-7-12(3)27-22-18/h6-8,10H,5,9H2,1-4H3. The van der Waals surface area contributed by atoms with Gasteiger partial charge in [-0.2, -0.15) is 0 Å². The highest BCUT2D eigenvalue weighted by atomic mass is 32.1. The zero-order chi connectivity index (χ0) is 20.0. The highest BCUT2D eigenvalue weighted by molar-refractivity contribution is 7.18. The molecule has 0 spiro atoms. The molecule has 28 heavy (non-hydrogen) atoms. The van der Waals surface area contributed by atoms with Crippen molar-refractivity contribution in [3.05, 3.63) is 62.5 Å². The monoisotopic (exact) mass is 396 g/mol. The molecule has 0 saturated carbocycles. The van der Waals surface area contributed by atoms with Crippen LogP contribution in [-0.4, -0.2) is 25.1 Å². The predicted molar refractivity (Wildman–Crippen MR) is 108 cm³/mol. The number of carbonyl (C=O) groups excluding carboxylic acids is 1. The summed E-state index contributed by atoms with van der Waals surface area (Å²) in [5, 5.41) is 4.61. The van der Waals surface area contributed by atoms with Gasteiger partial charge in [0, 0.05) is 27.9 Å². The molecule has 0 aliphatic heterocycles. The zero-order valence-electron chi connectivity index (χ0n) is 16.1. The molecule has 0 radical (unpaired) electrons. The molecule has 0 bridgehead atoms. The van der Waals surface area contributed by atoms with E-state index < -0.39 is 0 Å². The van der Waals surface area contributed by atoms with E-state index in [2.05, 4.69) is 10.1 Å². The van der Waals surface area contributed by atoms with Gasteiger partial charge in [0.15, 0.2) is 11.6 Å². The van der Waals surface area contributed by atoms with Crippen molar-refractivity contribution >= 4 is 27.3 Å². The largest absolute Gasteiger partial charge is 0.360 e. The Morgan fingerprint density at radius 3 is 2.68 bits per heavy atom. The molecule has 4 rings (SSSR count). The van der Waals surface area contributed by atoms with Crippen molar-refractivity contribution in [3.8, 4) is 5.82 Å². The van der Waals surface area contributed by atoms with Crippen LogP contribution in [0.4, 0.5) is 0 Å². The normalized spacial score (nSPS) is 11.4. The number of hydrogen-bond acceptors (Lipinski definition) is 6. The smallest absolute Gasteiger partial charge is 0.262 e. The van der Waals surface area contributed by atoms with Gasteiger partial charge in [-0.1, -0.05) is 12.1 Å². The molecule has 0 amide bonds. The topological polar surface area (TPSA) is 82.9 Å². The molecule has 144 valence electrons. The molecular weight excluding hydrogens is 376 g/mol. The summed E-state index contributed by atoms with van der Waals surface area (Å²) in [7, 11) is 0. The van der Waals surface area contributed by atoms with Crippen LogP contribution in [0, 0.1) is 20.8 Å². The van der Waals surface area contributed by atoms with E-state index in [9.17, 15) is 9.59 Å². The quantitative estimate of drug-likeness (QED) is 0.481. The van der Waals surface area contributed by atoms with Crippen LogP contribution in [0.2, 0.25) is 0 Å². The van der Waals surface area contributed by atoms with Crippen LogP contribution in [0.15, 0.2) is 33.8 Å². The molecule has 8 heteroatoms. The summed E-state index contributed by atoms with van der Waals surface area (Å²) in [5.41, 5.74) is 2.02. The lowest BCUT2D eigenvalue weighted by Gasteiger charge is -2.06. The first-order valence-corrected chi connectivity index (χ1v) is 9.84. The Hall–Kier alpha value is -3.00. The summed E-state index contributed by atoms with van der Waals surface area (Å²) in [5.74, 6) is 1.19. The van der Waals surface area contributed by atoms with Gasteiger partial charge in [0.25, 0.3) is 5.56 Å². The summed E-state index contributed by atoms with van der Waals surface area (Å²) < 4.78 is 8.41. The lowest BCUT2D eigenvalue weighted by molar-refractivity contribution is 0.0970. The first-order valence-electron chi connectivity index (χ1n) is 9.02. The van der Waals surface area contributed by atoms with Crippen molar-refractivity contribution in [2.45, 2.75) is 40.7 Å². The van der Waals surface area contributed by atoms with Crippen LogP contribution < -0.4 is 5.56 Å². The van der Waals surface area contributed by atoms with Gasteiger partial charge in [0.1, 0.15) is 10.6 Å². The van der Waals surface area contributed by atoms with Crippen molar-refractivity contribution in [2.75, 3.05) is 0 Å². The molecule has 0 unspecified atom stereocenters. The van der Waals surface area contributed by atoms with Crippen molar-refractivity contribution in [2.24, 2.45) is 0 Å². The van der Waals surface area contributed by atoms with Gasteiger partial charge in [0.2, 0.25) is 0 Å². The van der Waals surface area contributed by atoms with Crippen molar-refractivity contribution in [1.82, 2.24) is 19.3 Å². The van der Waals surface area contributed by atoms with E-state index in [0.29, 0.717) is 27.4 Å². The Balaban J connectivity index is 1.69. The summed E-state index contributed by atoms with van der Waals surface area (Å²) in [6.45, 7) is 7.58. The maximum atomic E-state index is 12.9. The van der Waals surface area contributed by atoms with E-state index in [0.717, 1.165) is 22.7 Å². The average Bonchev–Trinajstić information content (AvgIpc) is 3.35. The second-order valence-corrected chi connectivity index (χ2v) is 7.92. The molecule has 0 saturated heterocycles. The van der Waals surface area contributed by atoms with Gasteiger partial charge in [-0.15, -0.1) is 11.3 Å². The number of aryl methyl sites for hydroxylation is 3. The number of nitrogens with zero attached hydrogens (tertiary/aromatic N) is 4. The SMILES string of the molecule is CCc1cc2c(=O)n(CC(=O)c3cc(C)n(-c4cc(C)on4)c3C)cnc2s1. The third-order valence-corrected chi connectivity index (χ3v) is 6.00. The van der Waals surface area contributed by atoms with E-state index in [-0.39, 0.29) is 17.9 Å². The van der Waals surface area contributed by atoms with Gasteiger partial charge in [-0.3, -0.25) is 18.7 Å². The van der Waals surface area contributed by atoms with Gasteiger partial charge < -0.3 is 4.52 Å². The molecule has 0 aromatic carbocycles. The molecule has 0 N–H and O–H groups in total. The van der Waals surface area contributed by atoms with Crippen LogP contribution >= 0.6 is 11.3 Å². The minimum atomic E-state index is -0.185. The minimum Gasteiger partial charge on any atom is -0.360 e. The second kappa shape index (κ2) is 6.87. The van der Waals surface area contributed by atoms with Crippen molar-refractivity contribution < 1.29 is 9.32 Å². The summed E-state index contributed by atoms with van der Waals surface area (Å²) >= 11 is 1.51. The fourth-order valence-electron chi connectivity index (χ4n) is 3.39. The molecule has 0 atom stereocenters. The number of carbonyl (C=O) groups is 1. The third-order valence-electron chi connectivity index (χ3n) is 4.81. The van der Waals surface area contributed by atoms with Gasteiger partial charge in [-0.25, -0.2) is 4.98 Å². The van der Waals surface area contributed by atoms with Crippen LogP contribution in [0.1, 0.15) is 39.3 Å². The predicted octanol–water partition coefficient (Wildman–Crippen LogP) is 3.61. The first kappa shape index (κ1) is 18.4. The van der Waals surface area contributed by atoms with E-state index in [4.69, 9.17) is 4.52 Å². The Bertz CT molecular complexity index is 1260. The van der Waals surface area contributed by atoms with Crippen molar-refractivity contribution in [1.29, 1.82) is 0 Å². The molecule has 0 aliphatic carbocycles. The highest BCUT2D eigenvalue weighted by Crippen LogP contribution is 2.23. The Morgan fingerprint density at radius 1 is 1.21 bits per heavy atom. The van der Waals surface area contributed by atoms with Crippen LogP contribution in [-0.2, 0) is 13.0 Å². The summed E-state index contributed by atoms with van der Waals surface area (Å²) in [4.78, 5) is 31.9. The van der Waals surface area contributed by atoms with Crippen LogP contribution in [0.5, 0.6) is 0 Å². The fourth-order valence-corrected chi connectivity index (χ4v) is 4.32. The molecule has 0 aliphatic rings. The Kier molecular flexibility index (Phi) is 4.50. The molecule has 0 fully saturated rings. The molecule has 4 aromatic rings. The van der Waals surface area contributed by atoms with E-state index >= 15 is 0 Å². The molecular formula is C20H20N4O3S. The van der Waals surface area contributed by atoms with Gasteiger partial charge >= 0.3 is 0 Å².